The molecule has 5 heteroatoms. The first-order valence-electron chi connectivity index (χ1n) is 9.15. The third-order valence-corrected chi connectivity index (χ3v) is 4.69. The zero-order valence-corrected chi connectivity index (χ0v) is 14.6. The second-order valence-corrected chi connectivity index (χ2v) is 6.55. The molecule has 0 amide bonds. The van der Waals surface area contributed by atoms with Gasteiger partial charge in [-0.25, -0.2) is 9.97 Å². The highest BCUT2D eigenvalue weighted by Crippen LogP contribution is 2.36. The van der Waals surface area contributed by atoms with E-state index in [-0.39, 0.29) is 0 Å². The highest BCUT2D eigenvalue weighted by molar-refractivity contribution is 5.57. The van der Waals surface area contributed by atoms with Crippen molar-refractivity contribution in [1.29, 1.82) is 0 Å². The van der Waals surface area contributed by atoms with Gasteiger partial charge in [0, 0.05) is 30.2 Å². The third kappa shape index (κ3) is 3.99. The van der Waals surface area contributed by atoms with Gasteiger partial charge in [0.1, 0.15) is 17.3 Å². The maximum atomic E-state index is 6.05. The molecule has 2 aromatic heterocycles. The minimum absolute atomic E-state index is 0.456. The highest BCUT2D eigenvalue weighted by Gasteiger charge is 2.21. The van der Waals surface area contributed by atoms with E-state index in [0.717, 1.165) is 22.9 Å². The van der Waals surface area contributed by atoms with Gasteiger partial charge in [-0.15, -0.1) is 0 Å². The molecule has 1 aliphatic rings. The predicted molar refractivity (Wildman–Crippen MR) is 102 cm³/mol. The van der Waals surface area contributed by atoms with Gasteiger partial charge in [0.15, 0.2) is 0 Å². The zero-order chi connectivity index (χ0) is 17.6. The number of aromatic nitrogens is 3. The second kappa shape index (κ2) is 7.95. The van der Waals surface area contributed by atoms with Crippen LogP contribution in [0.2, 0.25) is 0 Å². The molecule has 0 saturated heterocycles. The van der Waals surface area contributed by atoms with Crippen LogP contribution < -0.4 is 10.1 Å². The van der Waals surface area contributed by atoms with Crippen molar-refractivity contribution in [3.05, 3.63) is 66.7 Å². The molecular weight excluding hydrogens is 324 g/mol. The van der Waals surface area contributed by atoms with Crippen LogP contribution in [-0.4, -0.2) is 15.0 Å². The van der Waals surface area contributed by atoms with Gasteiger partial charge in [0.2, 0.25) is 5.88 Å². The average molecular weight is 346 g/mol. The Bertz CT molecular complexity index is 830. The van der Waals surface area contributed by atoms with Crippen molar-refractivity contribution < 1.29 is 4.74 Å². The monoisotopic (exact) mass is 346 g/mol. The first-order valence-corrected chi connectivity index (χ1v) is 9.15. The van der Waals surface area contributed by atoms with Gasteiger partial charge in [0.05, 0.1) is 0 Å². The number of benzene rings is 1. The number of rotatable bonds is 5. The van der Waals surface area contributed by atoms with Gasteiger partial charge in [-0.3, -0.25) is 4.98 Å². The van der Waals surface area contributed by atoms with Crippen molar-refractivity contribution in [3.8, 4) is 11.6 Å². The van der Waals surface area contributed by atoms with Crippen molar-refractivity contribution in [2.24, 2.45) is 0 Å². The molecule has 0 aliphatic heterocycles. The smallest absolute Gasteiger partial charge is 0.241 e. The first kappa shape index (κ1) is 16.5. The molecule has 3 aromatic rings. The maximum absolute atomic E-state index is 6.05. The van der Waals surface area contributed by atoms with E-state index >= 15 is 0 Å². The van der Waals surface area contributed by atoms with Crippen molar-refractivity contribution >= 4 is 11.5 Å². The number of nitrogens with one attached hydrogen (secondary N) is 1. The van der Waals surface area contributed by atoms with Crippen molar-refractivity contribution in [2.45, 2.75) is 38.0 Å². The third-order valence-electron chi connectivity index (χ3n) is 4.69. The van der Waals surface area contributed by atoms with E-state index in [1.54, 1.807) is 18.6 Å². The molecule has 0 radical (unpaired) electrons. The molecule has 1 saturated carbocycles. The summed E-state index contributed by atoms with van der Waals surface area (Å²) in [5.41, 5.74) is 1.95. The van der Waals surface area contributed by atoms with Crippen LogP contribution in [0.1, 0.15) is 43.7 Å². The topological polar surface area (TPSA) is 59.9 Å². The first-order chi connectivity index (χ1) is 12.9. The van der Waals surface area contributed by atoms with Crippen LogP contribution in [0.15, 0.2) is 61.1 Å². The summed E-state index contributed by atoms with van der Waals surface area (Å²) < 4.78 is 6.05. The van der Waals surface area contributed by atoms with Crippen LogP contribution >= 0.6 is 0 Å². The van der Waals surface area contributed by atoms with Crippen molar-refractivity contribution in [2.75, 3.05) is 5.32 Å². The minimum Gasteiger partial charge on any atom is -0.437 e. The SMILES string of the molecule is c1ccc(Nc2ccc(Oc3nccnc3C3CCCCC3)cc2)nc1. The molecule has 1 aromatic carbocycles. The van der Waals surface area contributed by atoms with Gasteiger partial charge in [-0.05, 0) is 49.2 Å². The number of anilines is 2. The summed E-state index contributed by atoms with van der Waals surface area (Å²) in [5.74, 6) is 2.66. The Morgan fingerprint density at radius 2 is 1.62 bits per heavy atom. The molecular formula is C21H22N4O. The number of nitrogens with zero attached hydrogens (tertiary/aromatic N) is 3. The van der Waals surface area contributed by atoms with Crippen LogP contribution in [0.5, 0.6) is 11.6 Å². The quantitative estimate of drug-likeness (QED) is 0.665. The molecule has 5 nitrogen and oxygen atoms in total. The Balaban J connectivity index is 1.47. The van der Waals surface area contributed by atoms with Crippen molar-refractivity contribution in [1.82, 2.24) is 15.0 Å². The van der Waals surface area contributed by atoms with E-state index in [9.17, 15) is 0 Å². The lowest BCUT2D eigenvalue weighted by molar-refractivity contribution is 0.401. The predicted octanol–water partition coefficient (Wildman–Crippen LogP) is 5.46. The summed E-state index contributed by atoms with van der Waals surface area (Å²) in [6.45, 7) is 0. The fourth-order valence-corrected chi connectivity index (χ4v) is 3.37. The standard InChI is InChI=1S/C21H22N4O/c1-2-6-16(7-3-1)20-21(24-15-14-23-20)26-18-11-9-17(10-12-18)25-19-8-4-5-13-22-19/h4-5,8-16H,1-3,6-7H2,(H,22,25). The van der Waals surface area contributed by atoms with Crippen LogP contribution in [0.25, 0.3) is 0 Å². The Morgan fingerprint density at radius 3 is 2.38 bits per heavy atom. The van der Waals surface area contributed by atoms with E-state index in [4.69, 9.17) is 4.74 Å². The van der Waals surface area contributed by atoms with Crippen LogP contribution in [-0.2, 0) is 0 Å². The van der Waals surface area contributed by atoms with Gasteiger partial charge in [-0.2, -0.15) is 0 Å². The van der Waals surface area contributed by atoms with E-state index < -0.39 is 0 Å². The van der Waals surface area contributed by atoms with Gasteiger partial charge in [0.25, 0.3) is 0 Å². The van der Waals surface area contributed by atoms with E-state index in [1.165, 1.54) is 32.1 Å². The summed E-state index contributed by atoms with van der Waals surface area (Å²) in [6.07, 6.45) is 11.4. The van der Waals surface area contributed by atoms with Gasteiger partial charge in [-0.1, -0.05) is 25.3 Å². The minimum atomic E-state index is 0.456. The van der Waals surface area contributed by atoms with Gasteiger partial charge >= 0.3 is 0 Å². The average Bonchev–Trinajstić information content (AvgIpc) is 2.71. The molecule has 132 valence electrons. The molecule has 0 bridgehead atoms. The lowest BCUT2D eigenvalue weighted by Gasteiger charge is -2.22. The molecule has 0 unspecified atom stereocenters. The molecule has 4 rings (SSSR count). The van der Waals surface area contributed by atoms with Crippen LogP contribution in [0.3, 0.4) is 0 Å². The summed E-state index contributed by atoms with van der Waals surface area (Å²) in [7, 11) is 0. The van der Waals surface area contributed by atoms with Crippen LogP contribution in [0, 0.1) is 0 Å². The van der Waals surface area contributed by atoms with E-state index in [0.29, 0.717) is 11.8 Å². The number of hydrogen-bond acceptors (Lipinski definition) is 5. The molecule has 2 heterocycles. The Kier molecular flexibility index (Phi) is 5.05. The lowest BCUT2D eigenvalue weighted by Crippen LogP contribution is -2.08. The second-order valence-electron chi connectivity index (χ2n) is 6.55. The fourth-order valence-electron chi connectivity index (χ4n) is 3.37. The Labute approximate surface area is 153 Å². The summed E-state index contributed by atoms with van der Waals surface area (Å²) in [5, 5.41) is 3.26. The summed E-state index contributed by atoms with van der Waals surface area (Å²) in [4.78, 5) is 13.3. The molecule has 1 aliphatic carbocycles. The molecule has 0 spiro atoms. The number of ether oxygens (including phenoxy) is 1. The van der Waals surface area contributed by atoms with Crippen LogP contribution in [0.4, 0.5) is 11.5 Å². The molecule has 1 fully saturated rings. The van der Waals surface area contributed by atoms with Crippen molar-refractivity contribution in [3.63, 3.8) is 0 Å². The number of pyridine rings is 1. The van der Waals surface area contributed by atoms with Gasteiger partial charge < -0.3 is 10.1 Å². The fraction of sp³-hybridized carbons (Fsp3) is 0.286. The summed E-state index contributed by atoms with van der Waals surface area (Å²) in [6, 6.07) is 13.6. The summed E-state index contributed by atoms with van der Waals surface area (Å²) >= 11 is 0. The Hall–Kier alpha value is -2.95. The molecule has 1 N–H and O–H groups in total. The lowest BCUT2D eigenvalue weighted by atomic mass is 9.87. The van der Waals surface area contributed by atoms with E-state index in [2.05, 4.69) is 20.3 Å². The largest absolute Gasteiger partial charge is 0.437 e. The zero-order valence-electron chi connectivity index (χ0n) is 14.6. The molecule has 0 atom stereocenters. The van der Waals surface area contributed by atoms with E-state index in [1.807, 2.05) is 42.5 Å². The maximum Gasteiger partial charge on any atom is 0.241 e. The number of hydrogen-bond donors (Lipinski definition) is 1. The molecule has 26 heavy (non-hydrogen) atoms. The highest BCUT2D eigenvalue weighted by atomic mass is 16.5. The normalized spacial score (nSPS) is 14.8. The Morgan fingerprint density at radius 1 is 0.808 bits per heavy atom.